The number of likely N-dealkylation sites (N-methyl/N-ethyl adjacent to an activating group) is 1. The molecule has 1 heterocycles. The van der Waals surface area contributed by atoms with E-state index < -0.39 is 0 Å². The second-order valence-electron chi connectivity index (χ2n) is 5.30. The summed E-state index contributed by atoms with van der Waals surface area (Å²) in [4.78, 5) is 16.8. The van der Waals surface area contributed by atoms with Crippen LogP contribution in [0.25, 0.3) is 0 Å². The molecular weight excluding hydrogens is 292 g/mol. The number of benzene rings is 1. The monoisotopic (exact) mass is 312 g/mol. The number of hydrogen-bond acceptors (Lipinski definition) is 4. The fraction of sp³-hybridized carbons (Fsp3) is 0.533. The molecule has 0 spiro atoms. The molecule has 2 rings (SSSR count). The fourth-order valence-corrected chi connectivity index (χ4v) is 2.94. The number of rotatable bonds is 3. The Morgan fingerprint density at radius 2 is 2.00 bits per heavy atom. The Morgan fingerprint density at radius 3 is 2.57 bits per heavy atom. The van der Waals surface area contributed by atoms with Crippen molar-refractivity contribution in [2.75, 3.05) is 40.9 Å². The van der Waals surface area contributed by atoms with Crippen molar-refractivity contribution in [1.82, 2.24) is 9.80 Å². The molecule has 1 amide bonds. The molecule has 1 atom stereocenters. The van der Waals surface area contributed by atoms with Gasteiger partial charge in [-0.2, -0.15) is 0 Å². The molecule has 5 nitrogen and oxygen atoms in total. The molecule has 1 aliphatic heterocycles. The molecule has 0 bridgehead atoms. The number of carbonyl (C=O) groups is 1. The van der Waals surface area contributed by atoms with Gasteiger partial charge in [-0.1, -0.05) is 11.6 Å². The van der Waals surface area contributed by atoms with Gasteiger partial charge in [-0.05, 0) is 26.1 Å². The molecule has 116 valence electrons. The van der Waals surface area contributed by atoms with Crippen LogP contribution in [0.5, 0.6) is 11.5 Å². The Hall–Kier alpha value is -1.46. The lowest BCUT2D eigenvalue weighted by molar-refractivity contribution is 0.0533. The first kappa shape index (κ1) is 15.9. The van der Waals surface area contributed by atoms with Crippen LogP contribution in [0, 0.1) is 0 Å². The maximum absolute atomic E-state index is 12.7. The van der Waals surface area contributed by atoms with Gasteiger partial charge < -0.3 is 19.3 Å². The Kier molecular flexibility index (Phi) is 4.96. The minimum absolute atomic E-state index is 0.0292. The normalized spacial score (nSPS) is 19.5. The zero-order valence-electron chi connectivity index (χ0n) is 12.9. The summed E-state index contributed by atoms with van der Waals surface area (Å²) in [6.07, 6.45) is 0. The number of halogens is 1. The summed E-state index contributed by atoms with van der Waals surface area (Å²) in [5.41, 5.74) is 0.522. The summed E-state index contributed by atoms with van der Waals surface area (Å²) in [7, 11) is 5.11. The van der Waals surface area contributed by atoms with E-state index in [-0.39, 0.29) is 11.9 Å². The fourth-order valence-electron chi connectivity index (χ4n) is 2.65. The van der Waals surface area contributed by atoms with Crippen molar-refractivity contribution in [1.29, 1.82) is 0 Å². The van der Waals surface area contributed by atoms with Crippen LogP contribution >= 0.6 is 11.6 Å². The number of ether oxygens (including phenoxy) is 2. The summed E-state index contributed by atoms with van der Waals surface area (Å²) >= 11 is 6.17. The van der Waals surface area contributed by atoms with E-state index in [4.69, 9.17) is 21.1 Å². The van der Waals surface area contributed by atoms with Crippen LogP contribution in [0.15, 0.2) is 12.1 Å². The molecule has 1 aromatic rings. The molecule has 0 N–H and O–H groups in total. The van der Waals surface area contributed by atoms with Gasteiger partial charge in [0.25, 0.3) is 5.91 Å². The van der Waals surface area contributed by atoms with Crippen molar-refractivity contribution >= 4 is 17.5 Å². The van der Waals surface area contributed by atoms with E-state index in [0.717, 1.165) is 13.1 Å². The van der Waals surface area contributed by atoms with Crippen molar-refractivity contribution in [2.24, 2.45) is 0 Å². The summed E-state index contributed by atoms with van der Waals surface area (Å²) < 4.78 is 10.4. The number of nitrogens with zero attached hydrogens (tertiary/aromatic N) is 2. The lowest BCUT2D eigenvalue weighted by atomic mass is 10.1. The summed E-state index contributed by atoms with van der Waals surface area (Å²) in [5, 5.41) is 0.377. The first-order valence-electron chi connectivity index (χ1n) is 6.89. The third kappa shape index (κ3) is 3.24. The van der Waals surface area contributed by atoms with Gasteiger partial charge in [0.1, 0.15) is 0 Å². The molecule has 0 aromatic heterocycles. The van der Waals surface area contributed by atoms with E-state index in [1.54, 1.807) is 12.1 Å². The van der Waals surface area contributed by atoms with E-state index in [1.807, 2.05) is 4.90 Å². The molecule has 0 unspecified atom stereocenters. The van der Waals surface area contributed by atoms with Gasteiger partial charge in [0.15, 0.2) is 11.5 Å². The molecule has 0 saturated carbocycles. The third-order valence-electron chi connectivity index (χ3n) is 3.77. The molecule has 1 aliphatic rings. The smallest absolute Gasteiger partial charge is 0.254 e. The van der Waals surface area contributed by atoms with Gasteiger partial charge in [-0.3, -0.25) is 4.79 Å². The molecule has 1 aromatic carbocycles. The van der Waals surface area contributed by atoms with Gasteiger partial charge in [-0.15, -0.1) is 0 Å². The highest BCUT2D eigenvalue weighted by atomic mass is 35.5. The Morgan fingerprint density at radius 1 is 1.29 bits per heavy atom. The number of piperazine rings is 1. The molecular formula is C15H21ClN2O3. The van der Waals surface area contributed by atoms with E-state index in [2.05, 4.69) is 18.9 Å². The van der Waals surface area contributed by atoms with Crippen LogP contribution in [0.1, 0.15) is 17.3 Å². The topological polar surface area (TPSA) is 42.0 Å². The predicted molar refractivity (Wildman–Crippen MR) is 82.6 cm³/mol. The van der Waals surface area contributed by atoms with E-state index in [0.29, 0.717) is 28.6 Å². The summed E-state index contributed by atoms with van der Waals surface area (Å²) in [6, 6.07) is 3.48. The van der Waals surface area contributed by atoms with Crippen LogP contribution in [0.4, 0.5) is 0 Å². The summed E-state index contributed by atoms with van der Waals surface area (Å²) in [6.45, 7) is 4.50. The largest absolute Gasteiger partial charge is 0.493 e. The summed E-state index contributed by atoms with van der Waals surface area (Å²) in [5.74, 6) is 0.885. The van der Waals surface area contributed by atoms with Crippen LogP contribution in [-0.4, -0.2) is 62.7 Å². The number of hydrogen-bond donors (Lipinski definition) is 0. The van der Waals surface area contributed by atoms with Crippen molar-refractivity contribution < 1.29 is 14.3 Å². The van der Waals surface area contributed by atoms with Gasteiger partial charge in [0.05, 0.1) is 19.2 Å². The minimum atomic E-state index is -0.0292. The zero-order valence-corrected chi connectivity index (χ0v) is 13.6. The first-order chi connectivity index (χ1) is 9.97. The van der Waals surface area contributed by atoms with E-state index >= 15 is 0 Å². The number of carbonyl (C=O) groups excluding carboxylic acids is 1. The van der Waals surface area contributed by atoms with Crippen molar-refractivity contribution in [2.45, 2.75) is 13.0 Å². The van der Waals surface area contributed by atoms with Crippen LogP contribution < -0.4 is 9.47 Å². The zero-order chi connectivity index (χ0) is 15.6. The van der Waals surface area contributed by atoms with E-state index in [9.17, 15) is 4.79 Å². The predicted octanol–water partition coefficient (Wildman–Crippen LogP) is 2.13. The van der Waals surface area contributed by atoms with Gasteiger partial charge in [0, 0.05) is 31.2 Å². The number of amides is 1. The minimum Gasteiger partial charge on any atom is -0.493 e. The van der Waals surface area contributed by atoms with Crippen molar-refractivity contribution in [3.8, 4) is 11.5 Å². The maximum atomic E-state index is 12.7. The average molecular weight is 313 g/mol. The quantitative estimate of drug-likeness (QED) is 0.857. The van der Waals surface area contributed by atoms with Crippen molar-refractivity contribution in [3.63, 3.8) is 0 Å². The Balaban J connectivity index is 2.29. The molecule has 0 aliphatic carbocycles. The maximum Gasteiger partial charge on any atom is 0.254 e. The van der Waals surface area contributed by atoms with Gasteiger partial charge >= 0.3 is 0 Å². The lowest BCUT2D eigenvalue weighted by Crippen LogP contribution is -2.52. The van der Waals surface area contributed by atoms with Crippen LogP contribution in [0.2, 0.25) is 5.02 Å². The molecule has 1 saturated heterocycles. The van der Waals surface area contributed by atoms with Gasteiger partial charge in [0.2, 0.25) is 0 Å². The second-order valence-corrected chi connectivity index (χ2v) is 5.71. The standard InChI is InChI=1S/C15H21ClN2O3/c1-10-9-17(2)5-6-18(10)15(19)11-7-12(16)14(21-4)13(8-11)20-3/h7-8,10H,5-6,9H2,1-4H3/t10-/m0/s1. The third-order valence-corrected chi connectivity index (χ3v) is 4.05. The van der Waals surface area contributed by atoms with Crippen LogP contribution in [-0.2, 0) is 0 Å². The molecule has 6 heteroatoms. The van der Waals surface area contributed by atoms with Crippen LogP contribution in [0.3, 0.4) is 0 Å². The Bertz CT molecular complexity index is 536. The highest BCUT2D eigenvalue weighted by Gasteiger charge is 2.27. The first-order valence-corrected chi connectivity index (χ1v) is 7.26. The molecule has 1 fully saturated rings. The van der Waals surface area contributed by atoms with E-state index in [1.165, 1.54) is 14.2 Å². The molecule has 21 heavy (non-hydrogen) atoms. The highest BCUT2D eigenvalue weighted by molar-refractivity contribution is 6.32. The highest BCUT2D eigenvalue weighted by Crippen LogP contribution is 2.36. The van der Waals surface area contributed by atoms with Gasteiger partial charge in [-0.25, -0.2) is 0 Å². The average Bonchev–Trinajstić information content (AvgIpc) is 2.45. The number of methoxy groups -OCH3 is 2. The lowest BCUT2D eigenvalue weighted by Gasteiger charge is -2.38. The van der Waals surface area contributed by atoms with Crippen molar-refractivity contribution in [3.05, 3.63) is 22.7 Å². The Labute approximate surface area is 130 Å². The molecule has 0 radical (unpaired) electrons. The SMILES string of the molecule is COc1cc(C(=O)N2CCN(C)C[C@@H]2C)cc(Cl)c1OC. The second kappa shape index (κ2) is 6.54.